The molecule has 23 heavy (non-hydrogen) atoms. The van der Waals surface area contributed by atoms with E-state index in [-0.39, 0.29) is 0 Å². The second kappa shape index (κ2) is 9.23. The number of aliphatic imine (C=N–C) groups is 1. The van der Waals surface area contributed by atoms with Crippen molar-refractivity contribution in [1.29, 1.82) is 0 Å². The molecule has 1 aliphatic rings. The zero-order valence-electron chi connectivity index (χ0n) is 15.0. The highest BCUT2D eigenvalue weighted by atomic mass is 32.1. The highest BCUT2D eigenvalue weighted by Gasteiger charge is 2.13. The van der Waals surface area contributed by atoms with Gasteiger partial charge in [0.2, 0.25) is 0 Å². The van der Waals surface area contributed by atoms with Crippen molar-refractivity contribution in [3.8, 4) is 0 Å². The number of hydrogen-bond donors (Lipinski definition) is 2. The van der Waals surface area contributed by atoms with E-state index in [1.807, 2.05) is 7.05 Å². The Balaban J connectivity index is 1.69. The summed E-state index contributed by atoms with van der Waals surface area (Å²) in [5.74, 6) is 1.48. The number of piperidine rings is 1. The van der Waals surface area contributed by atoms with Gasteiger partial charge in [-0.2, -0.15) is 0 Å². The van der Waals surface area contributed by atoms with Gasteiger partial charge in [-0.1, -0.05) is 13.3 Å². The molecular weight excluding hydrogens is 306 g/mol. The first kappa shape index (κ1) is 18.2. The smallest absolute Gasteiger partial charge is 0.191 e. The third kappa shape index (κ3) is 6.11. The van der Waals surface area contributed by atoms with Crippen LogP contribution in [0.15, 0.2) is 4.99 Å². The molecule has 1 unspecified atom stereocenters. The van der Waals surface area contributed by atoms with Crippen LogP contribution in [-0.4, -0.2) is 49.1 Å². The van der Waals surface area contributed by atoms with E-state index in [9.17, 15) is 0 Å². The second-order valence-corrected chi connectivity index (χ2v) is 7.81. The zero-order chi connectivity index (χ0) is 16.7. The van der Waals surface area contributed by atoms with Crippen molar-refractivity contribution in [3.05, 3.63) is 15.6 Å². The van der Waals surface area contributed by atoms with E-state index in [2.05, 4.69) is 46.3 Å². The molecule has 0 radical (unpaired) electrons. The summed E-state index contributed by atoms with van der Waals surface area (Å²) >= 11 is 1.75. The molecular formula is C17H31N5S. The number of thiazole rings is 1. The third-order valence-corrected chi connectivity index (χ3v) is 5.41. The van der Waals surface area contributed by atoms with Crippen LogP contribution in [0.3, 0.4) is 0 Å². The van der Waals surface area contributed by atoms with E-state index in [0.29, 0.717) is 5.92 Å². The maximum absolute atomic E-state index is 4.56. The van der Waals surface area contributed by atoms with E-state index in [4.69, 9.17) is 0 Å². The fourth-order valence-electron chi connectivity index (χ4n) is 2.91. The molecule has 1 atom stereocenters. The average molecular weight is 338 g/mol. The first-order chi connectivity index (χ1) is 11.1. The third-order valence-electron chi connectivity index (χ3n) is 4.34. The number of guanidine groups is 1. The summed E-state index contributed by atoms with van der Waals surface area (Å²) in [5, 5.41) is 7.91. The maximum atomic E-state index is 4.56. The van der Waals surface area contributed by atoms with Gasteiger partial charge in [-0.25, -0.2) is 4.98 Å². The zero-order valence-corrected chi connectivity index (χ0v) is 15.8. The second-order valence-electron chi connectivity index (χ2n) is 6.52. The van der Waals surface area contributed by atoms with Gasteiger partial charge in [0.25, 0.3) is 0 Å². The molecule has 0 aliphatic carbocycles. The van der Waals surface area contributed by atoms with Crippen LogP contribution in [0.2, 0.25) is 0 Å². The largest absolute Gasteiger partial charge is 0.356 e. The molecule has 2 N–H and O–H groups in total. The van der Waals surface area contributed by atoms with Crippen LogP contribution >= 0.6 is 11.3 Å². The highest BCUT2D eigenvalue weighted by molar-refractivity contribution is 7.11. The first-order valence-electron chi connectivity index (χ1n) is 8.68. The van der Waals surface area contributed by atoms with E-state index < -0.39 is 0 Å². The normalized spacial score (nSPS) is 18.0. The minimum Gasteiger partial charge on any atom is -0.356 e. The molecule has 0 spiro atoms. The van der Waals surface area contributed by atoms with Crippen LogP contribution in [0, 0.1) is 19.8 Å². The molecule has 1 saturated heterocycles. The van der Waals surface area contributed by atoms with Gasteiger partial charge in [0.1, 0.15) is 5.01 Å². The SMILES string of the molecule is CN=C(NCc1nc(C)c(C)s1)NCC(C)CN1CCCCC1. The van der Waals surface area contributed by atoms with Crippen LogP contribution in [0.25, 0.3) is 0 Å². The van der Waals surface area contributed by atoms with Crippen molar-refractivity contribution in [2.75, 3.05) is 33.2 Å². The van der Waals surface area contributed by atoms with Gasteiger partial charge in [-0.3, -0.25) is 4.99 Å². The summed E-state index contributed by atoms with van der Waals surface area (Å²) in [6.07, 6.45) is 4.11. The molecule has 1 aliphatic heterocycles. The Labute approximate surface area is 144 Å². The van der Waals surface area contributed by atoms with Crippen molar-refractivity contribution in [3.63, 3.8) is 0 Å². The minimum atomic E-state index is 0.621. The molecule has 0 saturated carbocycles. The summed E-state index contributed by atoms with van der Waals surface area (Å²) in [5.41, 5.74) is 1.13. The first-order valence-corrected chi connectivity index (χ1v) is 9.50. The van der Waals surface area contributed by atoms with Crippen molar-refractivity contribution in [2.24, 2.45) is 10.9 Å². The Morgan fingerprint density at radius 1 is 1.26 bits per heavy atom. The number of likely N-dealkylation sites (tertiary alicyclic amines) is 1. The molecule has 130 valence electrons. The van der Waals surface area contributed by atoms with Crippen molar-refractivity contribution >= 4 is 17.3 Å². The maximum Gasteiger partial charge on any atom is 0.191 e. The number of rotatable bonds is 6. The Bertz CT molecular complexity index is 486. The van der Waals surface area contributed by atoms with Gasteiger partial charge in [0.15, 0.2) is 5.96 Å². The number of aryl methyl sites for hydroxylation is 2. The van der Waals surface area contributed by atoms with Gasteiger partial charge in [0.05, 0.1) is 12.2 Å². The lowest BCUT2D eigenvalue weighted by Crippen LogP contribution is -2.42. The topological polar surface area (TPSA) is 52.6 Å². The molecule has 6 heteroatoms. The lowest BCUT2D eigenvalue weighted by atomic mass is 10.1. The van der Waals surface area contributed by atoms with Gasteiger partial charge in [-0.15, -0.1) is 11.3 Å². The van der Waals surface area contributed by atoms with Crippen LogP contribution in [0.4, 0.5) is 0 Å². The van der Waals surface area contributed by atoms with Crippen LogP contribution in [0.1, 0.15) is 41.8 Å². The summed E-state index contributed by atoms with van der Waals surface area (Å²) < 4.78 is 0. The molecule has 2 rings (SSSR count). The summed E-state index contributed by atoms with van der Waals surface area (Å²) in [7, 11) is 1.82. The standard InChI is InChI=1S/C17H31N5S/c1-13(12-22-8-6-5-7-9-22)10-19-17(18-4)20-11-16-21-14(2)15(3)23-16/h13H,5-12H2,1-4H3,(H2,18,19,20). The van der Waals surface area contributed by atoms with E-state index in [0.717, 1.165) is 29.8 Å². The van der Waals surface area contributed by atoms with Crippen molar-refractivity contribution in [2.45, 2.75) is 46.6 Å². The van der Waals surface area contributed by atoms with Crippen molar-refractivity contribution < 1.29 is 0 Å². The monoisotopic (exact) mass is 337 g/mol. The lowest BCUT2D eigenvalue weighted by Gasteiger charge is -2.29. The van der Waals surface area contributed by atoms with E-state index >= 15 is 0 Å². The quantitative estimate of drug-likeness (QED) is 0.619. The van der Waals surface area contributed by atoms with Crippen LogP contribution in [-0.2, 0) is 6.54 Å². The highest BCUT2D eigenvalue weighted by Crippen LogP contribution is 2.15. The molecule has 1 aromatic rings. The molecule has 1 fully saturated rings. The van der Waals surface area contributed by atoms with Crippen LogP contribution < -0.4 is 10.6 Å². The molecule has 0 amide bonds. The van der Waals surface area contributed by atoms with E-state index in [1.165, 1.54) is 43.8 Å². The average Bonchev–Trinajstić information content (AvgIpc) is 2.87. The summed E-state index contributed by atoms with van der Waals surface area (Å²) in [6.45, 7) is 11.9. The fraction of sp³-hybridized carbons (Fsp3) is 0.765. The van der Waals surface area contributed by atoms with Gasteiger partial charge < -0.3 is 15.5 Å². The van der Waals surface area contributed by atoms with Gasteiger partial charge in [0, 0.05) is 25.0 Å². The van der Waals surface area contributed by atoms with Gasteiger partial charge in [-0.05, 0) is 45.7 Å². The number of hydrogen-bond acceptors (Lipinski definition) is 4. The number of nitrogens with one attached hydrogen (secondary N) is 2. The molecule has 1 aromatic heterocycles. The Kier molecular flexibility index (Phi) is 7.30. The predicted molar refractivity (Wildman–Crippen MR) is 99.2 cm³/mol. The predicted octanol–water partition coefficient (Wildman–Crippen LogP) is 2.55. The number of nitrogens with zero attached hydrogens (tertiary/aromatic N) is 3. The summed E-state index contributed by atoms with van der Waals surface area (Å²) in [6, 6.07) is 0. The Morgan fingerprint density at radius 2 is 2.00 bits per heavy atom. The molecule has 0 aromatic carbocycles. The fourth-order valence-corrected chi connectivity index (χ4v) is 3.79. The van der Waals surface area contributed by atoms with Crippen LogP contribution in [0.5, 0.6) is 0 Å². The Hall–Kier alpha value is -1.14. The molecule has 2 heterocycles. The van der Waals surface area contributed by atoms with Crippen molar-refractivity contribution in [1.82, 2.24) is 20.5 Å². The number of aromatic nitrogens is 1. The minimum absolute atomic E-state index is 0.621. The van der Waals surface area contributed by atoms with E-state index in [1.54, 1.807) is 11.3 Å². The summed E-state index contributed by atoms with van der Waals surface area (Å²) in [4.78, 5) is 12.7. The Morgan fingerprint density at radius 3 is 2.61 bits per heavy atom. The molecule has 5 nitrogen and oxygen atoms in total. The van der Waals surface area contributed by atoms with Gasteiger partial charge >= 0.3 is 0 Å². The molecule has 0 bridgehead atoms. The lowest BCUT2D eigenvalue weighted by molar-refractivity contribution is 0.201.